The highest BCUT2D eigenvalue weighted by molar-refractivity contribution is 5.90. The van der Waals surface area contributed by atoms with Gasteiger partial charge in [-0.25, -0.2) is 0 Å². The van der Waals surface area contributed by atoms with Gasteiger partial charge in [0.25, 0.3) is 0 Å². The number of methoxy groups -OCH3 is 1. The topological polar surface area (TPSA) is 35.5 Å². The lowest BCUT2D eigenvalue weighted by atomic mass is 9.90. The lowest BCUT2D eigenvalue weighted by Gasteiger charge is -2.33. The third kappa shape index (κ3) is 2.09. The lowest BCUT2D eigenvalue weighted by Crippen LogP contribution is -2.50. The summed E-state index contributed by atoms with van der Waals surface area (Å²) in [5.74, 6) is 1.08. The molecule has 0 radical (unpaired) electrons. The maximum Gasteiger partial charge on any atom is 0.166 e. The molecule has 2 atom stereocenters. The maximum absolute atomic E-state index is 11.0. The second-order valence-corrected chi connectivity index (χ2v) is 3.97. The molecule has 3 nitrogen and oxygen atoms in total. The van der Waals surface area contributed by atoms with Crippen LogP contribution in [0.1, 0.15) is 25.7 Å². The van der Waals surface area contributed by atoms with Gasteiger partial charge in [-0.1, -0.05) is 12.8 Å². The van der Waals surface area contributed by atoms with Gasteiger partial charge in [-0.3, -0.25) is 4.79 Å². The van der Waals surface area contributed by atoms with E-state index in [9.17, 15) is 4.79 Å². The number of carbonyl (C=O) groups excluding carboxylic acids is 1. The number of Topliss-reactive ketones (excluding diaryl/α,β-unsaturated/α-hetero) is 1. The van der Waals surface area contributed by atoms with Gasteiger partial charge in [0.1, 0.15) is 6.10 Å². The molecular formula is C10H16O3. The van der Waals surface area contributed by atoms with Crippen LogP contribution in [0.2, 0.25) is 0 Å². The molecule has 2 fully saturated rings. The van der Waals surface area contributed by atoms with E-state index in [0.29, 0.717) is 6.42 Å². The summed E-state index contributed by atoms with van der Waals surface area (Å²) in [4.78, 5) is 11.0. The number of rotatable bonds is 5. The molecule has 3 heteroatoms. The summed E-state index contributed by atoms with van der Waals surface area (Å²) in [5, 5.41) is 0. The van der Waals surface area contributed by atoms with Crippen LogP contribution in [0, 0.1) is 5.92 Å². The van der Waals surface area contributed by atoms with Crippen molar-refractivity contribution in [3.05, 3.63) is 0 Å². The minimum absolute atomic E-state index is 0.0382. The van der Waals surface area contributed by atoms with Gasteiger partial charge < -0.3 is 9.47 Å². The van der Waals surface area contributed by atoms with Crippen molar-refractivity contribution in [2.45, 2.75) is 37.9 Å². The number of ketones is 1. The average molecular weight is 184 g/mol. The lowest BCUT2D eigenvalue weighted by molar-refractivity contribution is -0.161. The fraction of sp³-hybridized carbons (Fsp3) is 0.900. The van der Waals surface area contributed by atoms with Crippen molar-refractivity contribution in [2.24, 2.45) is 5.92 Å². The average Bonchev–Trinajstić information content (AvgIpc) is 2.87. The zero-order valence-corrected chi connectivity index (χ0v) is 7.99. The second-order valence-electron chi connectivity index (χ2n) is 3.97. The van der Waals surface area contributed by atoms with E-state index in [4.69, 9.17) is 9.47 Å². The Morgan fingerprint density at radius 2 is 2.23 bits per heavy atom. The van der Waals surface area contributed by atoms with E-state index >= 15 is 0 Å². The highest BCUT2D eigenvalue weighted by Gasteiger charge is 2.40. The predicted octanol–water partition coefficient (Wildman–Crippen LogP) is 1.16. The minimum Gasteiger partial charge on any atom is -0.375 e. The molecule has 0 aromatic rings. The van der Waals surface area contributed by atoms with E-state index in [1.165, 1.54) is 12.8 Å². The highest BCUT2D eigenvalue weighted by atomic mass is 16.5. The fourth-order valence-corrected chi connectivity index (χ4v) is 1.69. The van der Waals surface area contributed by atoms with E-state index < -0.39 is 0 Å². The third-order valence-electron chi connectivity index (χ3n) is 2.87. The minimum atomic E-state index is -0.279. The van der Waals surface area contributed by atoms with Crippen LogP contribution in [0.4, 0.5) is 0 Å². The Morgan fingerprint density at radius 1 is 1.46 bits per heavy atom. The molecule has 74 valence electrons. The van der Waals surface area contributed by atoms with Crippen LogP contribution in [0.3, 0.4) is 0 Å². The largest absolute Gasteiger partial charge is 0.375 e. The molecule has 2 unspecified atom stereocenters. The van der Waals surface area contributed by atoms with Gasteiger partial charge in [0.2, 0.25) is 0 Å². The Kier molecular flexibility index (Phi) is 2.65. The number of ether oxygens (including phenoxy) is 2. The first-order valence-electron chi connectivity index (χ1n) is 4.98. The van der Waals surface area contributed by atoms with Crippen LogP contribution >= 0.6 is 0 Å². The van der Waals surface area contributed by atoms with Crippen LogP contribution < -0.4 is 0 Å². The van der Waals surface area contributed by atoms with Gasteiger partial charge in [-0.2, -0.15) is 0 Å². The molecule has 2 rings (SSSR count). The Hall–Kier alpha value is -0.410. The number of hydrogen-bond donors (Lipinski definition) is 0. The SMILES string of the molecule is COC1C(=O)CC1OCCC1CC1. The molecule has 13 heavy (non-hydrogen) atoms. The number of carbonyl (C=O) groups is 1. The van der Waals surface area contributed by atoms with Crippen LogP contribution in [0.5, 0.6) is 0 Å². The normalized spacial score (nSPS) is 33.2. The van der Waals surface area contributed by atoms with Crippen molar-refractivity contribution in [3.8, 4) is 0 Å². The quantitative estimate of drug-likeness (QED) is 0.643. The van der Waals surface area contributed by atoms with E-state index in [0.717, 1.165) is 18.9 Å². The van der Waals surface area contributed by atoms with E-state index in [-0.39, 0.29) is 18.0 Å². The Labute approximate surface area is 78.4 Å². The molecule has 0 bridgehead atoms. The fourth-order valence-electron chi connectivity index (χ4n) is 1.69. The molecule has 0 saturated heterocycles. The van der Waals surface area contributed by atoms with Crippen molar-refractivity contribution in [3.63, 3.8) is 0 Å². The first-order chi connectivity index (χ1) is 6.31. The van der Waals surface area contributed by atoms with Crippen LogP contribution in [-0.4, -0.2) is 31.7 Å². The molecule has 0 heterocycles. The molecule has 2 saturated carbocycles. The first kappa shape index (κ1) is 9.16. The first-order valence-corrected chi connectivity index (χ1v) is 4.98. The van der Waals surface area contributed by atoms with Gasteiger partial charge in [0.15, 0.2) is 5.78 Å². The van der Waals surface area contributed by atoms with Crippen molar-refractivity contribution < 1.29 is 14.3 Å². The van der Waals surface area contributed by atoms with Crippen LogP contribution in [0.25, 0.3) is 0 Å². The summed E-state index contributed by atoms with van der Waals surface area (Å²) in [7, 11) is 1.57. The van der Waals surface area contributed by atoms with Crippen LogP contribution in [-0.2, 0) is 14.3 Å². The molecule has 0 aromatic carbocycles. The van der Waals surface area contributed by atoms with Gasteiger partial charge >= 0.3 is 0 Å². The smallest absolute Gasteiger partial charge is 0.166 e. The zero-order valence-electron chi connectivity index (χ0n) is 7.99. The molecular weight excluding hydrogens is 168 g/mol. The zero-order chi connectivity index (χ0) is 9.26. The molecule has 0 amide bonds. The summed E-state index contributed by atoms with van der Waals surface area (Å²) in [6.07, 6.45) is 4.18. The summed E-state index contributed by atoms with van der Waals surface area (Å²) < 4.78 is 10.6. The van der Waals surface area contributed by atoms with E-state index in [1.54, 1.807) is 7.11 Å². The second kappa shape index (κ2) is 3.76. The number of hydrogen-bond acceptors (Lipinski definition) is 3. The van der Waals surface area contributed by atoms with Crippen molar-refractivity contribution in [1.82, 2.24) is 0 Å². The van der Waals surface area contributed by atoms with Crippen molar-refractivity contribution >= 4 is 5.78 Å². The summed E-state index contributed by atoms with van der Waals surface area (Å²) in [6, 6.07) is 0. The van der Waals surface area contributed by atoms with E-state index in [2.05, 4.69) is 0 Å². The monoisotopic (exact) mass is 184 g/mol. The standard InChI is InChI=1S/C10H16O3/c1-12-10-8(11)6-9(10)13-5-4-7-2-3-7/h7,9-10H,2-6H2,1H3. The van der Waals surface area contributed by atoms with E-state index in [1.807, 2.05) is 0 Å². The van der Waals surface area contributed by atoms with Gasteiger partial charge in [0, 0.05) is 20.1 Å². The van der Waals surface area contributed by atoms with Crippen molar-refractivity contribution in [2.75, 3.05) is 13.7 Å². The Balaban J connectivity index is 1.61. The molecule has 0 aromatic heterocycles. The molecule has 0 aliphatic heterocycles. The molecule has 2 aliphatic carbocycles. The summed E-state index contributed by atoms with van der Waals surface area (Å²) in [6.45, 7) is 0.794. The Morgan fingerprint density at radius 3 is 2.77 bits per heavy atom. The third-order valence-corrected chi connectivity index (χ3v) is 2.87. The van der Waals surface area contributed by atoms with Crippen molar-refractivity contribution in [1.29, 1.82) is 0 Å². The van der Waals surface area contributed by atoms with Crippen LogP contribution in [0.15, 0.2) is 0 Å². The molecule has 2 aliphatic rings. The molecule has 0 N–H and O–H groups in total. The predicted molar refractivity (Wildman–Crippen MR) is 47.5 cm³/mol. The summed E-state index contributed by atoms with van der Waals surface area (Å²) in [5.41, 5.74) is 0. The maximum atomic E-state index is 11.0. The molecule has 0 spiro atoms. The Bertz CT molecular complexity index is 198. The van der Waals surface area contributed by atoms with Gasteiger partial charge in [0.05, 0.1) is 6.10 Å². The van der Waals surface area contributed by atoms with Gasteiger partial charge in [-0.05, 0) is 12.3 Å². The van der Waals surface area contributed by atoms with Gasteiger partial charge in [-0.15, -0.1) is 0 Å². The highest BCUT2D eigenvalue weighted by Crippen LogP contribution is 2.33. The summed E-state index contributed by atoms with van der Waals surface area (Å²) >= 11 is 0.